The standard InChI is InChI=1S/C23H37N3O4S/c1-5-19(6-2)23(27)25-14-12-24(13-15-25)21-16-20(9-10-22(21)30-4)31(28,29)26-11-7-8-18(3)17-26/h9-10,16,18-19H,5-8,11-15,17H2,1-4H3/t18-/m1/s1. The minimum Gasteiger partial charge on any atom is -0.495 e. The highest BCUT2D eigenvalue weighted by atomic mass is 32.2. The molecule has 7 nitrogen and oxygen atoms in total. The molecular weight excluding hydrogens is 414 g/mol. The van der Waals surface area contributed by atoms with Gasteiger partial charge in [0.1, 0.15) is 5.75 Å². The molecule has 0 saturated carbocycles. The zero-order valence-electron chi connectivity index (χ0n) is 19.3. The first-order valence-corrected chi connectivity index (χ1v) is 13.0. The molecule has 1 amide bonds. The number of ether oxygens (including phenoxy) is 1. The van der Waals surface area contributed by atoms with Gasteiger partial charge < -0.3 is 14.5 Å². The van der Waals surface area contributed by atoms with Crippen molar-refractivity contribution in [3.63, 3.8) is 0 Å². The minimum absolute atomic E-state index is 0.0847. The Balaban J connectivity index is 1.78. The van der Waals surface area contributed by atoms with Crippen LogP contribution in [-0.2, 0) is 14.8 Å². The molecule has 2 aliphatic rings. The Hall–Kier alpha value is -1.80. The number of hydrogen-bond acceptors (Lipinski definition) is 5. The van der Waals surface area contributed by atoms with Crippen LogP contribution in [0.3, 0.4) is 0 Å². The molecule has 0 unspecified atom stereocenters. The van der Waals surface area contributed by atoms with E-state index in [-0.39, 0.29) is 11.8 Å². The maximum absolute atomic E-state index is 13.3. The molecule has 174 valence electrons. The molecule has 8 heteroatoms. The molecule has 3 rings (SSSR count). The van der Waals surface area contributed by atoms with Gasteiger partial charge in [-0.2, -0.15) is 4.31 Å². The van der Waals surface area contributed by atoms with Crippen LogP contribution in [0.5, 0.6) is 5.75 Å². The predicted molar refractivity (Wildman–Crippen MR) is 123 cm³/mol. The predicted octanol–water partition coefficient (Wildman–Crippen LogP) is 3.20. The van der Waals surface area contributed by atoms with E-state index in [2.05, 4.69) is 25.7 Å². The number of piperidine rings is 1. The van der Waals surface area contributed by atoms with Gasteiger partial charge in [-0.05, 0) is 49.8 Å². The molecule has 0 aromatic heterocycles. The van der Waals surface area contributed by atoms with E-state index in [0.717, 1.165) is 31.4 Å². The summed E-state index contributed by atoms with van der Waals surface area (Å²) >= 11 is 0. The number of sulfonamides is 1. The number of methoxy groups -OCH3 is 1. The maximum Gasteiger partial charge on any atom is 0.243 e. The van der Waals surface area contributed by atoms with Gasteiger partial charge >= 0.3 is 0 Å². The first kappa shape index (κ1) is 23.9. The number of carbonyl (C=O) groups excluding carboxylic acids is 1. The Bertz CT molecular complexity index is 862. The van der Waals surface area contributed by atoms with Crippen molar-refractivity contribution in [1.82, 2.24) is 9.21 Å². The van der Waals surface area contributed by atoms with Gasteiger partial charge in [0, 0.05) is 45.2 Å². The van der Waals surface area contributed by atoms with Crippen molar-refractivity contribution >= 4 is 21.6 Å². The average Bonchev–Trinajstić information content (AvgIpc) is 2.79. The summed E-state index contributed by atoms with van der Waals surface area (Å²) in [6.07, 6.45) is 3.69. The van der Waals surface area contributed by atoms with Gasteiger partial charge in [0.05, 0.1) is 17.7 Å². The molecule has 0 radical (unpaired) electrons. The van der Waals surface area contributed by atoms with Gasteiger partial charge in [0.15, 0.2) is 0 Å². The molecular formula is C23H37N3O4S. The molecule has 2 heterocycles. The van der Waals surface area contributed by atoms with Gasteiger partial charge in [-0.15, -0.1) is 0 Å². The highest BCUT2D eigenvalue weighted by Crippen LogP contribution is 2.34. The molecule has 0 bridgehead atoms. The third kappa shape index (κ3) is 5.17. The van der Waals surface area contributed by atoms with Crippen LogP contribution < -0.4 is 9.64 Å². The monoisotopic (exact) mass is 451 g/mol. The summed E-state index contributed by atoms with van der Waals surface area (Å²) in [5, 5.41) is 0. The third-order valence-electron chi connectivity index (χ3n) is 6.67. The Morgan fingerprint density at radius 3 is 2.39 bits per heavy atom. The second-order valence-corrected chi connectivity index (χ2v) is 10.7. The van der Waals surface area contributed by atoms with Crippen LogP contribution in [0.1, 0.15) is 46.5 Å². The van der Waals surface area contributed by atoms with Crippen LogP contribution in [0, 0.1) is 11.8 Å². The van der Waals surface area contributed by atoms with Crippen LogP contribution in [0.15, 0.2) is 23.1 Å². The van der Waals surface area contributed by atoms with Gasteiger partial charge in [0.2, 0.25) is 15.9 Å². The van der Waals surface area contributed by atoms with E-state index in [1.807, 2.05) is 4.90 Å². The number of nitrogens with zero attached hydrogens (tertiary/aromatic N) is 3. The summed E-state index contributed by atoms with van der Waals surface area (Å²) in [4.78, 5) is 17.1. The SMILES string of the molecule is CCC(CC)C(=O)N1CCN(c2cc(S(=O)(=O)N3CCC[C@@H](C)C3)ccc2OC)CC1. The zero-order valence-corrected chi connectivity index (χ0v) is 20.2. The first-order chi connectivity index (χ1) is 14.8. The summed E-state index contributed by atoms with van der Waals surface area (Å²) in [5.41, 5.74) is 0.781. The lowest BCUT2D eigenvalue weighted by atomic mass is 10.0. The quantitative estimate of drug-likeness (QED) is 0.637. The molecule has 1 aromatic carbocycles. The fraction of sp³-hybridized carbons (Fsp3) is 0.696. The van der Waals surface area contributed by atoms with E-state index in [0.29, 0.717) is 55.8 Å². The number of carbonyl (C=O) groups is 1. The van der Waals surface area contributed by atoms with E-state index in [1.165, 1.54) is 0 Å². The van der Waals surface area contributed by atoms with E-state index in [9.17, 15) is 13.2 Å². The summed E-state index contributed by atoms with van der Waals surface area (Å²) in [5.74, 6) is 1.35. The highest BCUT2D eigenvalue weighted by molar-refractivity contribution is 7.89. The van der Waals surface area contributed by atoms with Crippen LogP contribution in [0.2, 0.25) is 0 Å². The van der Waals surface area contributed by atoms with Gasteiger partial charge in [0.25, 0.3) is 0 Å². The Kier molecular flexibility index (Phi) is 7.86. The van der Waals surface area contributed by atoms with E-state index < -0.39 is 10.0 Å². The largest absolute Gasteiger partial charge is 0.495 e. The number of anilines is 1. The Morgan fingerprint density at radius 1 is 1.13 bits per heavy atom. The van der Waals surface area contributed by atoms with Gasteiger partial charge in [-0.1, -0.05) is 20.8 Å². The fourth-order valence-corrected chi connectivity index (χ4v) is 6.27. The molecule has 2 saturated heterocycles. The first-order valence-electron chi connectivity index (χ1n) is 11.5. The smallest absolute Gasteiger partial charge is 0.243 e. The van der Waals surface area contributed by atoms with Crippen LogP contribution in [0.4, 0.5) is 5.69 Å². The maximum atomic E-state index is 13.3. The van der Waals surface area contributed by atoms with E-state index in [1.54, 1.807) is 29.6 Å². The van der Waals surface area contributed by atoms with Gasteiger partial charge in [-0.3, -0.25) is 4.79 Å². The third-order valence-corrected chi connectivity index (χ3v) is 8.54. The number of hydrogen-bond donors (Lipinski definition) is 0. The number of benzene rings is 1. The van der Waals surface area contributed by atoms with Gasteiger partial charge in [-0.25, -0.2) is 8.42 Å². The van der Waals surface area contributed by atoms with Crippen molar-refractivity contribution in [1.29, 1.82) is 0 Å². The van der Waals surface area contributed by atoms with E-state index in [4.69, 9.17) is 4.74 Å². The number of amides is 1. The lowest BCUT2D eigenvalue weighted by molar-refractivity contribution is -0.136. The molecule has 31 heavy (non-hydrogen) atoms. The van der Waals surface area contributed by atoms with E-state index >= 15 is 0 Å². The van der Waals surface area contributed by atoms with Crippen molar-refractivity contribution in [3.8, 4) is 5.75 Å². The molecule has 0 aliphatic carbocycles. The average molecular weight is 452 g/mol. The Labute approximate surface area is 187 Å². The second kappa shape index (κ2) is 10.2. The zero-order chi connectivity index (χ0) is 22.6. The Morgan fingerprint density at radius 2 is 1.81 bits per heavy atom. The molecule has 2 aliphatic heterocycles. The normalized spacial score (nSPS) is 20.9. The van der Waals surface area contributed by atoms with Crippen molar-refractivity contribution < 1.29 is 17.9 Å². The van der Waals surface area contributed by atoms with Crippen LogP contribution in [0.25, 0.3) is 0 Å². The molecule has 1 aromatic rings. The number of piperazine rings is 1. The van der Waals surface area contributed by atoms with Crippen molar-refractivity contribution in [2.24, 2.45) is 11.8 Å². The number of rotatable bonds is 7. The summed E-state index contributed by atoms with van der Waals surface area (Å²) in [6, 6.07) is 5.13. The molecule has 0 N–H and O–H groups in total. The lowest BCUT2D eigenvalue weighted by Crippen LogP contribution is -2.50. The molecule has 1 atom stereocenters. The lowest BCUT2D eigenvalue weighted by Gasteiger charge is -2.38. The van der Waals surface area contributed by atoms with Crippen molar-refractivity contribution in [2.75, 3.05) is 51.3 Å². The fourth-order valence-electron chi connectivity index (χ4n) is 4.65. The van der Waals surface area contributed by atoms with Crippen molar-refractivity contribution in [2.45, 2.75) is 51.3 Å². The summed E-state index contributed by atoms with van der Waals surface area (Å²) in [7, 11) is -1.93. The molecule has 2 fully saturated rings. The topological polar surface area (TPSA) is 70.2 Å². The highest BCUT2D eigenvalue weighted by Gasteiger charge is 2.31. The molecule has 0 spiro atoms. The summed E-state index contributed by atoms with van der Waals surface area (Å²) in [6.45, 7) is 9.95. The second-order valence-electron chi connectivity index (χ2n) is 8.77. The summed E-state index contributed by atoms with van der Waals surface area (Å²) < 4.78 is 33.7. The van der Waals surface area contributed by atoms with Crippen LogP contribution >= 0.6 is 0 Å². The van der Waals surface area contributed by atoms with Crippen LogP contribution in [-0.4, -0.2) is 69.9 Å². The minimum atomic E-state index is -3.54. The van der Waals surface area contributed by atoms with Crippen molar-refractivity contribution in [3.05, 3.63) is 18.2 Å².